The summed E-state index contributed by atoms with van der Waals surface area (Å²) in [5.41, 5.74) is 5.51. The van der Waals surface area contributed by atoms with E-state index >= 15 is 0 Å². The molecule has 0 aliphatic rings. The highest BCUT2D eigenvalue weighted by molar-refractivity contribution is 7.89. The van der Waals surface area contributed by atoms with Crippen LogP contribution in [0.5, 0.6) is 0 Å². The van der Waals surface area contributed by atoms with Gasteiger partial charge in [-0.15, -0.1) is 0 Å². The Labute approximate surface area is 117 Å². The first-order valence-electron chi connectivity index (χ1n) is 6.07. The molecule has 1 rings (SSSR count). The smallest absolute Gasteiger partial charge is 0.243 e. The molecule has 8 heteroatoms. The molecule has 0 saturated heterocycles. The molecule has 0 bridgehead atoms. The summed E-state index contributed by atoms with van der Waals surface area (Å²) in [5, 5.41) is 0. The topological polar surface area (TPSA) is 81.4 Å². The van der Waals surface area contributed by atoms with Crippen molar-refractivity contribution in [2.75, 3.05) is 13.2 Å². The van der Waals surface area contributed by atoms with Crippen LogP contribution in [0.3, 0.4) is 0 Å². The highest BCUT2D eigenvalue weighted by Gasteiger charge is 2.22. The van der Waals surface area contributed by atoms with E-state index in [1.807, 2.05) is 0 Å². The van der Waals surface area contributed by atoms with E-state index < -0.39 is 26.6 Å². The number of ether oxygens (including phenoxy) is 1. The van der Waals surface area contributed by atoms with Crippen molar-refractivity contribution in [1.29, 1.82) is 0 Å². The standard InChI is InChI=1S/C12H18F2N2O3S/c1-8(2)19-4-3-16-20(17,18)11-6-9(7-15)5-10(13)12(11)14/h5-6,8,16H,3-4,7,15H2,1-2H3. The van der Waals surface area contributed by atoms with Gasteiger partial charge >= 0.3 is 0 Å². The minimum absolute atomic E-state index is 0.0333. The predicted molar refractivity (Wildman–Crippen MR) is 70.5 cm³/mol. The number of hydrogen-bond donors (Lipinski definition) is 2. The van der Waals surface area contributed by atoms with Crippen molar-refractivity contribution in [3.05, 3.63) is 29.3 Å². The van der Waals surface area contributed by atoms with Crippen LogP contribution in [0.15, 0.2) is 17.0 Å². The van der Waals surface area contributed by atoms with Crippen molar-refractivity contribution >= 4 is 10.0 Å². The van der Waals surface area contributed by atoms with Crippen LogP contribution in [0.4, 0.5) is 8.78 Å². The summed E-state index contributed by atoms with van der Waals surface area (Å²) in [6.45, 7) is 3.62. The molecule has 0 saturated carbocycles. The molecule has 0 aliphatic carbocycles. The van der Waals surface area contributed by atoms with Gasteiger partial charge in [-0.25, -0.2) is 21.9 Å². The summed E-state index contributed by atoms with van der Waals surface area (Å²) >= 11 is 0. The lowest BCUT2D eigenvalue weighted by molar-refractivity contribution is 0.0833. The van der Waals surface area contributed by atoms with Gasteiger partial charge in [-0.2, -0.15) is 0 Å². The summed E-state index contributed by atoms with van der Waals surface area (Å²) in [4.78, 5) is -0.748. The normalized spacial score (nSPS) is 12.1. The molecule has 0 fully saturated rings. The Balaban J connectivity index is 2.89. The lowest BCUT2D eigenvalue weighted by Gasteiger charge is -2.11. The molecule has 1 aromatic rings. The molecule has 0 aromatic heterocycles. The maximum atomic E-state index is 13.6. The Bertz CT molecular complexity index is 562. The Hall–Kier alpha value is -1.09. The lowest BCUT2D eigenvalue weighted by atomic mass is 10.2. The fraction of sp³-hybridized carbons (Fsp3) is 0.500. The molecule has 5 nitrogen and oxygen atoms in total. The van der Waals surface area contributed by atoms with E-state index in [-0.39, 0.29) is 31.4 Å². The van der Waals surface area contributed by atoms with Crippen LogP contribution >= 0.6 is 0 Å². The molecule has 0 heterocycles. The quantitative estimate of drug-likeness (QED) is 0.740. The Morgan fingerprint density at radius 3 is 2.55 bits per heavy atom. The van der Waals surface area contributed by atoms with Gasteiger partial charge in [-0.3, -0.25) is 0 Å². The number of sulfonamides is 1. The van der Waals surface area contributed by atoms with Gasteiger partial charge in [0, 0.05) is 13.1 Å². The summed E-state index contributed by atoms with van der Waals surface area (Å²) in [6, 6.07) is 1.89. The number of rotatable bonds is 7. The van der Waals surface area contributed by atoms with Gasteiger partial charge in [-0.05, 0) is 31.5 Å². The lowest BCUT2D eigenvalue weighted by Crippen LogP contribution is -2.29. The van der Waals surface area contributed by atoms with E-state index in [0.717, 1.165) is 12.1 Å². The molecule has 0 radical (unpaired) electrons. The summed E-state index contributed by atoms with van der Waals surface area (Å²) in [6.07, 6.45) is -0.0470. The third-order valence-electron chi connectivity index (χ3n) is 2.43. The SMILES string of the molecule is CC(C)OCCNS(=O)(=O)c1cc(CN)cc(F)c1F. The van der Waals surface area contributed by atoms with E-state index in [1.54, 1.807) is 13.8 Å². The number of benzene rings is 1. The van der Waals surface area contributed by atoms with Crippen LogP contribution < -0.4 is 10.5 Å². The highest BCUT2D eigenvalue weighted by Crippen LogP contribution is 2.19. The summed E-state index contributed by atoms with van der Waals surface area (Å²) < 4.78 is 58.0. The third-order valence-corrected chi connectivity index (χ3v) is 3.89. The Morgan fingerprint density at radius 2 is 2.00 bits per heavy atom. The summed E-state index contributed by atoms with van der Waals surface area (Å²) in [5.74, 6) is -2.66. The maximum Gasteiger partial charge on any atom is 0.243 e. The number of nitrogens with one attached hydrogen (secondary N) is 1. The van der Waals surface area contributed by atoms with Gasteiger partial charge in [0.25, 0.3) is 0 Å². The minimum Gasteiger partial charge on any atom is -0.377 e. The largest absolute Gasteiger partial charge is 0.377 e. The molecule has 0 atom stereocenters. The fourth-order valence-corrected chi connectivity index (χ4v) is 2.63. The van der Waals surface area contributed by atoms with Crippen LogP contribution in [0.2, 0.25) is 0 Å². The van der Waals surface area contributed by atoms with Crippen molar-refractivity contribution in [1.82, 2.24) is 4.72 Å². The first-order valence-corrected chi connectivity index (χ1v) is 7.55. The monoisotopic (exact) mass is 308 g/mol. The van der Waals surface area contributed by atoms with E-state index in [4.69, 9.17) is 10.5 Å². The summed E-state index contributed by atoms with van der Waals surface area (Å²) in [7, 11) is -4.14. The van der Waals surface area contributed by atoms with Crippen molar-refractivity contribution in [3.63, 3.8) is 0 Å². The zero-order chi connectivity index (χ0) is 15.3. The van der Waals surface area contributed by atoms with Gasteiger partial charge in [0.2, 0.25) is 10.0 Å². The van der Waals surface area contributed by atoms with Crippen LogP contribution in [0.1, 0.15) is 19.4 Å². The molecule has 3 N–H and O–H groups in total. The van der Waals surface area contributed by atoms with Crippen LogP contribution in [-0.2, 0) is 21.3 Å². The number of nitrogens with two attached hydrogens (primary N) is 1. The minimum atomic E-state index is -4.14. The fourth-order valence-electron chi connectivity index (χ4n) is 1.48. The second-order valence-electron chi connectivity index (χ2n) is 4.41. The van der Waals surface area contributed by atoms with Crippen molar-refractivity contribution in [3.8, 4) is 0 Å². The first-order chi connectivity index (χ1) is 9.27. The van der Waals surface area contributed by atoms with Gasteiger partial charge in [0.15, 0.2) is 11.6 Å². The molecule has 20 heavy (non-hydrogen) atoms. The molecule has 114 valence electrons. The third kappa shape index (κ3) is 4.48. The zero-order valence-corrected chi connectivity index (χ0v) is 12.1. The second kappa shape index (κ2) is 7.07. The van der Waals surface area contributed by atoms with Crippen LogP contribution in [0.25, 0.3) is 0 Å². The van der Waals surface area contributed by atoms with Crippen LogP contribution in [-0.4, -0.2) is 27.7 Å². The first kappa shape index (κ1) is 17.0. The Kier molecular flexibility index (Phi) is 6.00. The van der Waals surface area contributed by atoms with E-state index in [2.05, 4.69) is 4.72 Å². The van der Waals surface area contributed by atoms with E-state index in [1.165, 1.54) is 0 Å². The van der Waals surface area contributed by atoms with Crippen molar-refractivity contribution < 1.29 is 21.9 Å². The van der Waals surface area contributed by atoms with Gasteiger partial charge in [0.05, 0.1) is 12.7 Å². The van der Waals surface area contributed by atoms with E-state index in [0.29, 0.717) is 0 Å². The number of halogens is 2. The molecule has 0 unspecified atom stereocenters. The molecule has 1 aromatic carbocycles. The molecular formula is C12H18F2N2O3S. The van der Waals surface area contributed by atoms with Crippen LogP contribution in [0, 0.1) is 11.6 Å². The predicted octanol–water partition coefficient (Wildman–Crippen LogP) is 1.13. The van der Waals surface area contributed by atoms with E-state index in [9.17, 15) is 17.2 Å². The number of hydrogen-bond acceptors (Lipinski definition) is 4. The molecule has 0 aliphatic heterocycles. The second-order valence-corrected chi connectivity index (χ2v) is 6.15. The Morgan fingerprint density at radius 1 is 1.35 bits per heavy atom. The highest BCUT2D eigenvalue weighted by atomic mass is 32.2. The van der Waals surface area contributed by atoms with Crippen molar-refractivity contribution in [2.24, 2.45) is 5.73 Å². The average molecular weight is 308 g/mol. The van der Waals surface area contributed by atoms with Crippen molar-refractivity contribution in [2.45, 2.75) is 31.4 Å². The average Bonchev–Trinajstić information content (AvgIpc) is 2.37. The van der Waals surface area contributed by atoms with Gasteiger partial charge < -0.3 is 10.5 Å². The van der Waals surface area contributed by atoms with Gasteiger partial charge in [0.1, 0.15) is 4.90 Å². The molecular weight excluding hydrogens is 290 g/mol. The van der Waals surface area contributed by atoms with Gasteiger partial charge in [-0.1, -0.05) is 0 Å². The molecule has 0 amide bonds. The zero-order valence-electron chi connectivity index (χ0n) is 11.3. The molecule has 0 spiro atoms. The maximum absolute atomic E-state index is 13.6.